The lowest BCUT2D eigenvalue weighted by molar-refractivity contribution is 0.416. The largest absolute Gasteiger partial charge is 0.496 e. The topological polar surface area (TPSA) is 37.9 Å². The molecule has 0 atom stereocenters. The predicted molar refractivity (Wildman–Crippen MR) is 77.8 cm³/mol. The van der Waals surface area contributed by atoms with Crippen molar-refractivity contribution in [3.63, 3.8) is 0 Å². The van der Waals surface area contributed by atoms with Gasteiger partial charge in [-0.05, 0) is 36.8 Å². The Balaban J connectivity index is 2.18. The maximum Gasteiger partial charge on any atom is 0.131 e. The molecule has 0 radical (unpaired) electrons. The molecule has 4 heteroatoms. The number of methoxy groups -OCH3 is 1. The van der Waals surface area contributed by atoms with Gasteiger partial charge in [0, 0.05) is 17.1 Å². The number of hydrogen-bond donors (Lipinski definition) is 1. The lowest BCUT2D eigenvalue weighted by atomic mass is 10.1. The Morgan fingerprint density at radius 3 is 2.84 bits per heavy atom. The number of benzene rings is 1. The van der Waals surface area contributed by atoms with Gasteiger partial charge in [0.2, 0.25) is 0 Å². The number of H-pyrrole nitrogens is 1. The Labute approximate surface area is 116 Å². The van der Waals surface area contributed by atoms with Crippen molar-refractivity contribution >= 4 is 22.5 Å². The normalized spacial score (nSPS) is 10.9. The molecular weight excluding hydrogens is 260 g/mol. The summed E-state index contributed by atoms with van der Waals surface area (Å²) in [6.45, 7) is 2.04. The standard InChI is InChI=1S/C15H13ClN2O/c1-9-3-4-11(14(5-9)19-2)13-6-10-8-17-15(16)7-12(10)18-13/h3-8,18H,1-2H3. The Bertz CT molecular complexity index is 749. The van der Waals surface area contributed by atoms with Crippen LogP contribution in [0.5, 0.6) is 5.75 Å². The van der Waals surface area contributed by atoms with Gasteiger partial charge in [-0.1, -0.05) is 17.7 Å². The summed E-state index contributed by atoms with van der Waals surface area (Å²) >= 11 is 5.90. The summed E-state index contributed by atoms with van der Waals surface area (Å²) in [6.07, 6.45) is 1.76. The fourth-order valence-electron chi connectivity index (χ4n) is 2.17. The molecule has 2 heterocycles. The highest BCUT2D eigenvalue weighted by Gasteiger charge is 2.09. The van der Waals surface area contributed by atoms with E-state index in [1.165, 1.54) is 5.56 Å². The molecule has 0 bridgehead atoms. The Kier molecular flexibility index (Phi) is 2.91. The van der Waals surface area contributed by atoms with Crippen molar-refractivity contribution in [2.45, 2.75) is 6.92 Å². The minimum absolute atomic E-state index is 0.483. The third-order valence-corrected chi connectivity index (χ3v) is 3.32. The maximum atomic E-state index is 5.90. The zero-order chi connectivity index (χ0) is 13.4. The van der Waals surface area contributed by atoms with E-state index in [1.807, 2.05) is 31.2 Å². The Hall–Kier alpha value is -2.00. The van der Waals surface area contributed by atoms with E-state index in [4.69, 9.17) is 16.3 Å². The monoisotopic (exact) mass is 272 g/mol. The Morgan fingerprint density at radius 1 is 1.21 bits per heavy atom. The van der Waals surface area contributed by atoms with E-state index in [9.17, 15) is 0 Å². The number of halogens is 1. The second-order valence-electron chi connectivity index (χ2n) is 4.48. The molecule has 0 amide bonds. The molecule has 0 aliphatic heterocycles. The molecule has 0 saturated heterocycles. The van der Waals surface area contributed by atoms with E-state index in [2.05, 4.69) is 16.0 Å². The van der Waals surface area contributed by atoms with Crippen LogP contribution in [0.15, 0.2) is 36.5 Å². The van der Waals surface area contributed by atoms with Gasteiger partial charge in [-0.3, -0.25) is 0 Å². The van der Waals surface area contributed by atoms with E-state index in [0.29, 0.717) is 5.15 Å². The molecule has 3 rings (SSSR count). The van der Waals surface area contributed by atoms with E-state index in [0.717, 1.165) is 27.9 Å². The zero-order valence-electron chi connectivity index (χ0n) is 10.7. The summed E-state index contributed by atoms with van der Waals surface area (Å²) in [5, 5.41) is 1.51. The highest BCUT2D eigenvalue weighted by Crippen LogP contribution is 2.32. The minimum atomic E-state index is 0.483. The molecule has 0 aliphatic carbocycles. The average Bonchev–Trinajstić information content (AvgIpc) is 2.81. The van der Waals surface area contributed by atoms with E-state index < -0.39 is 0 Å². The molecule has 0 unspecified atom stereocenters. The smallest absolute Gasteiger partial charge is 0.131 e. The first-order valence-corrected chi connectivity index (χ1v) is 6.34. The third kappa shape index (κ3) is 2.17. The van der Waals surface area contributed by atoms with Crippen LogP contribution in [0.4, 0.5) is 0 Å². The fourth-order valence-corrected chi connectivity index (χ4v) is 2.32. The van der Waals surface area contributed by atoms with Gasteiger partial charge in [-0.25, -0.2) is 4.98 Å². The van der Waals surface area contributed by atoms with Crippen molar-refractivity contribution in [1.82, 2.24) is 9.97 Å². The first kappa shape index (κ1) is 12.1. The highest BCUT2D eigenvalue weighted by atomic mass is 35.5. The van der Waals surface area contributed by atoms with Crippen molar-refractivity contribution in [3.05, 3.63) is 47.2 Å². The molecule has 1 aromatic carbocycles. The van der Waals surface area contributed by atoms with Crippen LogP contribution < -0.4 is 4.74 Å². The van der Waals surface area contributed by atoms with Gasteiger partial charge in [0.25, 0.3) is 0 Å². The summed E-state index contributed by atoms with van der Waals surface area (Å²) < 4.78 is 5.44. The van der Waals surface area contributed by atoms with Gasteiger partial charge in [-0.2, -0.15) is 0 Å². The van der Waals surface area contributed by atoms with E-state index in [-0.39, 0.29) is 0 Å². The van der Waals surface area contributed by atoms with Gasteiger partial charge in [-0.15, -0.1) is 0 Å². The van der Waals surface area contributed by atoms with E-state index >= 15 is 0 Å². The van der Waals surface area contributed by atoms with Crippen LogP contribution >= 0.6 is 11.6 Å². The molecule has 0 fully saturated rings. The van der Waals surface area contributed by atoms with Crippen molar-refractivity contribution in [1.29, 1.82) is 0 Å². The van der Waals surface area contributed by atoms with Crippen LogP contribution in [-0.2, 0) is 0 Å². The quantitative estimate of drug-likeness (QED) is 0.710. The molecule has 2 aromatic heterocycles. The van der Waals surface area contributed by atoms with Crippen molar-refractivity contribution < 1.29 is 4.74 Å². The van der Waals surface area contributed by atoms with Crippen molar-refractivity contribution in [3.8, 4) is 17.0 Å². The number of aromatic nitrogens is 2. The van der Waals surface area contributed by atoms with Gasteiger partial charge in [0.05, 0.1) is 18.3 Å². The number of ether oxygens (including phenoxy) is 1. The number of nitrogens with one attached hydrogen (secondary N) is 1. The number of aryl methyl sites for hydroxylation is 1. The van der Waals surface area contributed by atoms with E-state index in [1.54, 1.807) is 13.3 Å². The number of fused-ring (bicyclic) bond motifs is 1. The molecule has 1 N–H and O–H groups in total. The summed E-state index contributed by atoms with van der Waals surface area (Å²) in [5.41, 5.74) is 4.16. The van der Waals surface area contributed by atoms with Crippen LogP contribution in [0.3, 0.4) is 0 Å². The summed E-state index contributed by atoms with van der Waals surface area (Å²) in [5.74, 6) is 0.852. The molecule has 19 heavy (non-hydrogen) atoms. The lowest BCUT2D eigenvalue weighted by Gasteiger charge is -2.07. The van der Waals surface area contributed by atoms with Crippen molar-refractivity contribution in [2.75, 3.05) is 7.11 Å². The van der Waals surface area contributed by atoms with Crippen LogP contribution in [0, 0.1) is 6.92 Å². The van der Waals surface area contributed by atoms with Gasteiger partial charge in [0.15, 0.2) is 0 Å². The van der Waals surface area contributed by atoms with Crippen LogP contribution in [0.2, 0.25) is 5.15 Å². The van der Waals surface area contributed by atoms with Crippen molar-refractivity contribution in [2.24, 2.45) is 0 Å². The Morgan fingerprint density at radius 2 is 2.05 bits per heavy atom. The third-order valence-electron chi connectivity index (χ3n) is 3.12. The number of rotatable bonds is 2. The molecular formula is C15H13ClN2O. The van der Waals surface area contributed by atoms with Crippen LogP contribution in [0.25, 0.3) is 22.2 Å². The molecule has 3 aromatic rings. The number of aromatic amines is 1. The first-order chi connectivity index (χ1) is 9.17. The summed E-state index contributed by atoms with van der Waals surface area (Å²) in [6, 6.07) is 10.0. The van der Waals surface area contributed by atoms with Crippen LogP contribution in [0.1, 0.15) is 5.56 Å². The molecule has 3 nitrogen and oxygen atoms in total. The van der Waals surface area contributed by atoms with Gasteiger partial charge in [0.1, 0.15) is 10.9 Å². The lowest BCUT2D eigenvalue weighted by Crippen LogP contribution is -1.88. The van der Waals surface area contributed by atoms with Crippen LogP contribution in [-0.4, -0.2) is 17.1 Å². The second-order valence-corrected chi connectivity index (χ2v) is 4.87. The zero-order valence-corrected chi connectivity index (χ0v) is 11.5. The SMILES string of the molecule is COc1cc(C)ccc1-c1cc2cnc(Cl)cc2[nH]1. The number of hydrogen-bond acceptors (Lipinski definition) is 2. The second kappa shape index (κ2) is 4.59. The number of pyridine rings is 1. The average molecular weight is 273 g/mol. The molecule has 96 valence electrons. The fraction of sp³-hybridized carbons (Fsp3) is 0.133. The predicted octanol–water partition coefficient (Wildman–Crippen LogP) is 4.20. The molecule has 0 aliphatic rings. The highest BCUT2D eigenvalue weighted by molar-refractivity contribution is 6.30. The number of nitrogens with zero attached hydrogens (tertiary/aromatic N) is 1. The first-order valence-electron chi connectivity index (χ1n) is 5.96. The maximum absolute atomic E-state index is 5.90. The molecule has 0 spiro atoms. The summed E-state index contributed by atoms with van der Waals surface area (Å²) in [4.78, 5) is 7.43. The molecule has 0 saturated carbocycles. The summed E-state index contributed by atoms with van der Waals surface area (Å²) in [7, 11) is 1.68. The van der Waals surface area contributed by atoms with Gasteiger partial charge >= 0.3 is 0 Å². The van der Waals surface area contributed by atoms with Gasteiger partial charge < -0.3 is 9.72 Å². The minimum Gasteiger partial charge on any atom is -0.496 e.